The lowest BCUT2D eigenvalue weighted by Crippen LogP contribution is -2.15. The number of hydrogen-bond donors (Lipinski definition) is 0. The number of rotatable bonds is 3. The van der Waals surface area contributed by atoms with Gasteiger partial charge in [0.1, 0.15) is 5.78 Å². The van der Waals surface area contributed by atoms with Gasteiger partial charge in [-0.2, -0.15) is 0 Å². The second-order valence-corrected chi connectivity index (χ2v) is 6.15. The van der Waals surface area contributed by atoms with Gasteiger partial charge in [-0.05, 0) is 48.8 Å². The summed E-state index contributed by atoms with van der Waals surface area (Å²) in [6.07, 6.45) is 4.02. The van der Waals surface area contributed by atoms with Gasteiger partial charge in [-0.25, -0.2) is 0 Å². The van der Waals surface area contributed by atoms with Crippen molar-refractivity contribution in [3.63, 3.8) is 0 Å². The second-order valence-electron chi connectivity index (χ2n) is 5.30. The quantitative estimate of drug-likeness (QED) is 0.805. The summed E-state index contributed by atoms with van der Waals surface area (Å²) >= 11 is 11.9. The molecular formula is C14H14Cl2O. The average Bonchev–Trinajstić information content (AvgIpc) is 2.89. The maximum atomic E-state index is 12.1. The first-order chi connectivity index (χ1) is 8.13. The lowest BCUT2D eigenvalue weighted by atomic mass is 9.94. The molecule has 0 spiro atoms. The summed E-state index contributed by atoms with van der Waals surface area (Å²) in [6, 6.07) is 5.36. The SMILES string of the molecule is O=C(Cc1ccc(Cl)cc1Cl)C1CC2CC2C1. The molecule has 0 N–H and O–H groups in total. The predicted octanol–water partition coefficient (Wildman–Crippen LogP) is 4.15. The molecule has 90 valence electrons. The third-order valence-corrected chi connectivity index (χ3v) is 4.67. The molecular weight excluding hydrogens is 255 g/mol. The van der Waals surface area contributed by atoms with E-state index in [1.54, 1.807) is 12.1 Å². The molecule has 0 saturated heterocycles. The van der Waals surface area contributed by atoms with Crippen LogP contribution in [0.3, 0.4) is 0 Å². The maximum Gasteiger partial charge on any atom is 0.140 e. The number of halogens is 2. The van der Waals surface area contributed by atoms with Crippen molar-refractivity contribution in [1.29, 1.82) is 0 Å². The number of carbonyl (C=O) groups excluding carboxylic acids is 1. The summed E-state index contributed by atoms with van der Waals surface area (Å²) in [5.74, 6) is 2.33. The largest absolute Gasteiger partial charge is 0.299 e. The Bertz CT molecular complexity index is 459. The molecule has 0 aliphatic heterocycles. The minimum Gasteiger partial charge on any atom is -0.299 e. The van der Waals surface area contributed by atoms with Gasteiger partial charge in [-0.1, -0.05) is 29.3 Å². The van der Waals surface area contributed by atoms with Crippen molar-refractivity contribution in [2.75, 3.05) is 0 Å². The van der Waals surface area contributed by atoms with Gasteiger partial charge in [-0.15, -0.1) is 0 Å². The molecule has 1 nitrogen and oxygen atoms in total. The number of ketones is 1. The van der Waals surface area contributed by atoms with E-state index in [1.165, 1.54) is 6.42 Å². The molecule has 0 radical (unpaired) electrons. The van der Waals surface area contributed by atoms with Gasteiger partial charge < -0.3 is 0 Å². The van der Waals surface area contributed by atoms with Gasteiger partial charge in [0.05, 0.1) is 0 Å². The smallest absolute Gasteiger partial charge is 0.140 e. The highest BCUT2D eigenvalue weighted by molar-refractivity contribution is 6.35. The molecule has 0 amide bonds. The van der Waals surface area contributed by atoms with Crippen LogP contribution < -0.4 is 0 Å². The fraction of sp³-hybridized carbons (Fsp3) is 0.500. The Hall–Kier alpha value is -0.530. The Labute approximate surface area is 111 Å². The molecule has 0 bridgehead atoms. The Kier molecular flexibility index (Phi) is 2.92. The Morgan fingerprint density at radius 2 is 1.88 bits per heavy atom. The highest BCUT2D eigenvalue weighted by Crippen LogP contribution is 2.54. The number of carbonyl (C=O) groups is 1. The molecule has 3 rings (SSSR count). The molecule has 2 aliphatic carbocycles. The molecule has 1 aromatic carbocycles. The standard InChI is InChI=1S/C14H14Cl2O/c15-12-2-1-8(13(16)7-12)6-14(17)11-4-9-3-10(9)5-11/h1-2,7,9-11H,3-6H2. The normalized spacial score (nSPS) is 30.1. The number of hydrogen-bond acceptors (Lipinski definition) is 1. The molecule has 17 heavy (non-hydrogen) atoms. The highest BCUT2D eigenvalue weighted by atomic mass is 35.5. The van der Waals surface area contributed by atoms with Crippen LogP contribution in [0.25, 0.3) is 0 Å². The van der Waals surface area contributed by atoms with Crippen molar-refractivity contribution >= 4 is 29.0 Å². The Morgan fingerprint density at radius 3 is 2.53 bits per heavy atom. The third-order valence-electron chi connectivity index (χ3n) is 4.08. The van der Waals surface area contributed by atoms with E-state index >= 15 is 0 Å². The van der Waals surface area contributed by atoms with Crippen LogP contribution in [0.5, 0.6) is 0 Å². The van der Waals surface area contributed by atoms with E-state index in [-0.39, 0.29) is 5.92 Å². The fourth-order valence-corrected chi connectivity index (χ4v) is 3.45. The number of Topliss-reactive ketones (excluding diaryl/α,β-unsaturated/α-hetero) is 1. The van der Waals surface area contributed by atoms with Gasteiger partial charge in [0.15, 0.2) is 0 Å². The lowest BCUT2D eigenvalue weighted by molar-refractivity contribution is -0.122. The van der Waals surface area contributed by atoms with Crippen molar-refractivity contribution in [3.05, 3.63) is 33.8 Å². The van der Waals surface area contributed by atoms with Gasteiger partial charge in [0, 0.05) is 22.4 Å². The molecule has 2 saturated carbocycles. The second kappa shape index (κ2) is 4.29. The first-order valence-corrected chi connectivity index (χ1v) is 6.85. The minimum absolute atomic E-state index is 0.283. The number of fused-ring (bicyclic) bond motifs is 1. The van der Waals surface area contributed by atoms with Crippen molar-refractivity contribution in [2.45, 2.75) is 25.7 Å². The topological polar surface area (TPSA) is 17.1 Å². The van der Waals surface area contributed by atoms with E-state index in [1.807, 2.05) is 6.07 Å². The van der Waals surface area contributed by atoms with Crippen LogP contribution in [0.2, 0.25) is 10.0 Å². The fourth-order valence-electron chi connectivity index (χ4n) is 2.97. The zero-order valence-electron chi connectivity index (χ0n) is 9.46. The summed E-state index contributed by atoms with van der Waals surface area (Å²) in [7, 11) is 0. The van der Waals surface area contributed by atoms with Crippen LogP contribution in [0.4, 0.5) is 0 Å². The van der Waals surface area contributed by atoms with Crippen LogP contribution in [-0.2, 0) is 11.2 Å². The summed E-state index contributed by atoms with van der Waals surface area (Å²) < 4.78 is 0. The number of benzene rings is 1. The molecule has 2 aliphatic rings. The minimum atomic E-state index is 0.283. The highest BCUT2D eigenvalue weighted by Gasteiger charge is 2.47. The van der Waals surface area contributed by atoms with Crippen LogP contribution in [-0.4, -0.2) is 5.78 Å². The van der Waals surface area contributed by atoms with Crippen LogP contribution >= 0.6 is 23.2 Å². The Morgan fingerprint density at radius 1 is 1.18 bits per heavy atom. The first kappa shape index (κ1) is 11.6. The zero-order chi connectivity index (χ0) is 12.0. The van der Waals surface area contributed by atoms with Crippen LogP contribution in [0.15, 0.2) is 18.2 Å². The van der Waals surface area contributed by atoms with E-state index in [9.17, 15) is 4.79 Å². The van der Waals surface area contributed by atoms with E-state index in [0.29, 0.717) is 22.2 Å². The van der Waals surface area contributed by atoms with Crippen LogP contribution in [0.1, 0.15) is 24.8 Å². The van der Waals surface area contributed by atoms with Gasteiger partial charge in [0.25, 0.3) is 0 Å². The molecule has 1 aromatic rings. The lowest BCUT2D eigenvalue weighted by Gasteiger charge is -2.11. The summed E-state index contributed by atoms with van der Waals surface area (Å²) in [6.45, 7) is 0. The Balaban J connectivity index is 1.67. The van der Waals surface area contributed by atoms with E-state index in [0.717, 1.165) is 30.2 Å². The summed E-state index contributed by atoms with van der Waals surface area (Å²) in [5, 5.41) is 1.22. The van der Waals surface area contributed by atoms with Crippen molar-refractivity contribution in [3.8, 4) is 0 Å². The molecule has 2 fully saturated rings. The molecule has 3 heteroatoms. The van der Waals surface area contributed by atoms with E-state index < -0.39 is 0 Å². The monoisotopic (exact) mass is 268 g/mol. The van der Waals surface area contributed by atoms with Gasteiger partial charge >= 0.3 is 0 Å². The van der Waals surface area contributed by atoms with Crippen LogP contribution in [0, 0.1) is 17.8 Å². The summed E-state index contributed by atoms with van der Waals surface area (Å²) in [5.41, 5.74) is 0.904. The first-order valence-electron chi connectivity index (χ1n) is 6.10. The van der Waals surface area contributed by atoms with Crippen molar-refractivity contribution in [1.82, 2.24) is 0 Å². The van der Waals surface area contributed by atoms with Crippen molar-refractivity contribution < 1.29 is 4.79 Å². The third kappa shape index (κ3) is 2.36. The zero-order valence-corrected chi connectivity index (χ0v) is 11.0. The predicted molar refractivity (Wildman–Crippen MR) is 69.5 cm³/mol. The van der Waals surface area contributed by atoms with Gasteiger partial charge in [-0.3, -0.25) is 4.79 Å². The van der Waals surface area contributed by atoms with Gasteiger partial charge in [0.2, 0.25) is 0 Å². The van der Waals surface area contributed by atoms with Crippen molar-refractivity contribution in [2.24, 2.45) is 17.8 Å². The maximum absolute atomic E-state index is 12.1. The van der Waals surface area contributed by atoms with E-state index in [4.69, 9.17) is 23.2 Å². The molecule has 2 unspecified atom stereocenters. The summed E-state index contributed by atoms with van der Waals surface area (Å²) in [4.78, 5) is 12.1. The molecule has 0 heterocycles. The van der Waals surface area contributed by atoms with E-state index in [2.05, 4.69) is 0 Å². The average molecular weight is 269 g/mol. The molecule has 2 atom stereocenters. The molecule has 0 aromatic heterocycles.